The lowest BCUT2D eigenvalue weighted by Crippen LogP contribution is -2.35. The first-order valence-electron chi connectivity index (χ1n) is 7.98. The Morgan fingerprint density at radius 2 is 1.84 bits per heavy atom. The van der Waals surface area contributed by atoms with E-state index in [0.29, 0.717) is 5.41 Å². The summed E-state index contributed by atoms with van der Waals surface area (Å²) in [6.45, 7) is 11.4. The average Bonchev–Trinajstić information content (AvgIpc) is 2.89. The van der Waals surface area contributed by atoms with Crippen molar-refractivity contribution in [1.82, 2.24) is 5.32 Å². The van der Waals surface area contributed by atoms with Gasteiger partial charge in [0, 0.05) is 16.3 Å². The second-order valence-electron chi connectivity index (χ2n) is 5.64. The van der Waals surface area contributed by atoms with E-state index in [-0.39, 0.29) is 0 Å². The second-order valence-corrected chi connectivity index (χ2v) is 6.89. The molecule has 19 heavy (non-hydrogen) atoms. The van der Waals surface area contributed by atoms with Crippen LogP contribution in [-0.2, 0) is 12.8 Å². The largest absolute Gasteiger partial charge is 0.316 e. The number of unbranched alkanes of at least 4 members (excludes halogenated alkanes) is 1. The van der Waals surface area contributed by atoms with Gasteiger partial charge < -0.3 is 5.32 Å². The maximum Gasteiger partial charge on any atom is 0.00541 e. The first-order chi connectivity index (χ1) is 9.19. The Kier molecular flexibility index (Phi) is 7.70. The van der Waals surface area contributed by atoms with Gasteiger partial charge in [0.15, 0.2) is 0 Å². The summed E-state index contributed by atoms with van der Waals surface area (Å²) < 4.78 is 0. The molecule has 0 radical (unpaired) electrons. The SMILES string of the molecule is CCCCC(CC)(CNCC)Cc1ccc(CC)s1. The predicted octanol–water partition coefficient (Wildman–Crippen LogP) is 5.05. The molecule has 1 nitrogen and oxygen atoms in total. The zero-order valence-corrected chi connectivity index (χ0v) is 14.0. The van der Waals surface area contributed by atoms with Crippen molar-refractivity contribution >= 4 is 11.3 Å². The number of nitrogens with one attached hydrogen (secondary N) is 1. The Morgan fingerprint density at radius 3 is 2.37 bits per heavy atom. The molecule has 1 rings (SSSR count). The van der Waals surface area contributed by atoms with Crippen LogP contribution in [0.5, 0.6) is 0 Å². The van der Waals surface area contributed by atoms with Gasteiger partial charge in [-0.05, 0) is 49.8 Å². The molecular formula is C17H31NS. The molecule has 0 fully saturated rings. The third-order valence-electron chi connectivity index (χ3n) is 4.18. The second kappa shape index (κ2) is 8.76. The molecule has 0 saturated carbocycles. The highest BCUT2D eigenvalue weighted by molar-refractivity contribution is 7.11. The van der Waals surface area contributed by atoms with Crippen molar-refractivity contribution in [3.63, 3.8) is 0 Å². The van der Waals surface area contributed by atoms with Crippen LogP contribution in [0.4, 0.5) is 0 Å². The predicted molar refractivity (Wildman–Crippen MR) is 88.2 cm³/mol. The highest BCUT2D eigenvalue weighted by Crippen LogP contribution is 2.34. The number of hydrogen-bond acceptors (Lipinski definition) is 2. The first kappa shape index (κ1) is 16.7. The summed E-state index contributed by atoms with van der Waals surface area (Å²) in [5, 5.41) is 3.59. The molecule has 0 bridgehead atoms. The van der Waals surface area contributed by atoms with Gasteiger partial charge in [0.1, 0.15) is 0 Å². The van der Waals surface area contributed by atoms with E-state index in [1.165, 1.54) is 49.9 Å². The zero-order chi connectivity index (χ0) is 14.1. The lowest BCUT2D eigenvalue weighted by molar-refractivity contribution is 0.232. The van der Waals surface area contributed by atoms with E-state index >= 15 is 0 Å². The molecule has 0 saturated heterocycles. The zero-order valence-electron chi connectivity index (χ0n) is 13.2. The molecule has 1 aromatic rings. The van der Waals surface area contributed by atoms with Crippen LogP contribution >= 0.6 is 11.3 Å². The summed E-state index contributed by atoms with van der Waals surface area (Å²) in [4.78, 5) is 3.10. The van der Waals surface area contributed by atoms with Crippen molar-refractivity contribution < 1.29 is 0 Å². The Labute approximate surface area is 123 Å². The fraction of sp³-hybridized carbons (Fsp3) is 0.765. The monoisotopic (exact) mass is 281 g/mol. The van der Waals surface area contributed by atoms with Gasteiger partial charge in [0.25, 0.3) is 0 Å². The molecule has 1 aromatic heterocycles. The van der Waals surface area contributed by atoms with E-state index < -0.39 is 0 Å². The van der Waals surface area contributed by atoms with Crippen molar-refractivity contribution in [2.24, 2.45) is 5.41 Å². The molecule has 1 N–H and O–H groups in total. The molecule has 0 aliphatic carbocycles. The van der Waals surface area contributed by atoms with Crippen molar-refractivity contribution in [3.8, 4) is 0 Å². The highest BCUT2D eigenvalue weighted by atomic mass is 32.1. The Bertz CT molecular complexity index is 335. The summed E-state index contributed by atoms with van der Waals surface area (Å²) in [5.74, 6) is 0. The summed E-state index contributed by atoms with van der Waals surface area (Å²) in [7, 11) is 0. The minimum Gasteiger partial charge on any atom is -0.316 e. The minimum absolute atomic E-state index is 0.460. The summed E-state index contributed by atoms with van der Waals surface area (Å²) in [6.07, 6.45) is 7.71. The molecule has 110 valence electrons. The Balaban J connectivity index is 2.75. The topological polar surface area (TPSA) is 12.0 Å². The Morgan fingerprint density at radius 1 is 1.11 bits per heavy atom. The van der Waals surface area contributed by atoms with Gasteiger partial charge >= 0.3 is 0 Å². The van der Waals surface area contributed by atoms with Crippen molar-refractivity contribution in [1.29, 1.82) is 0 Å². The van der Waals surface area contributed by atoms with E-state index in [0.717, 1.165) is 6.54 Å². The van der Waals surface area contributed by atoms with Crippen LogP contribution in [0.3, 0.4) is 0 Å². The lowest BCUT2D eigenvalue weighted by Gasteiger charge is -2.33. The first-order valence-corrected chi connectivity index (χ1v) is 8.79. The van der Waals surface area contributed by atoms with E-state index in [1.807, 2.05) is 11.3 Å². The molecular weight excluding hydrogens is 250 g/mol. The van der Waals surface area contributed by atoms with E-state index in [2.05, 4.69) is 45.1 Å². The fourth-order valence-corrected chi connectivity index (χ4v) is 3.82. The maximum atomic E-state index is 3.59. The molecule has 2 heteroatoms. The van der Waals surface area contributed by atoms with Gasteiger partial charge in [0.05, 0.1) is 0 Å². The van der Waals surface area contributed by atoms with Gasteiger partial charge in [-0.25, -0.2) is 0 Å². The van der Waals surface area contributed by atoms with Gasteiger partial charge in [-0.3, -0.25) is 0 Å². The average molecular weight is 282 g/mol. The van der Waals surface area contributed by atoms with Crippen LogP contribution in [0.15, 0.2) is 12.1 Å². The summed E-state index contributed by atoms with van der Waals surface area (Å²) in [5.41, 5.74) is 0.460. The van der Waals surface area contributed by atoms with Crippen molar-refractivity contribution in [2.45, 2.75) is 66.2 Å². The molecule has 0 aromatic carbocycles. The standard InChI is InChI=1S/C17H31NS/c1-5-9-12-17(7-3,14-18-8-4)13-16-11-10-15(6-2)19-16/h10-11,18H,5-9,12-14H2,1-4H3. The highest BCUT2D eigenvalue weighted by Gasteiger charge is 2.28. The number of thiophene rings is 1. The number of aryl methyl sites for hydroxylation is 1. The molecule has 0 spiro atoms. The van der Waals surface area contributed by atoms with Gasteiger partial charge in [-0.2, -0.15) is 0 Å². The third kappa shape index (κ3) is 5.27. The van der Waals surface area contributed by atoms with Gasteiger partial charge in [-0.15, -0.1) is 11.3 Å². The lowest BCUT2D eigenvalue weighted by atomic mass is 9.76. The van der Waals surface area contributed by atoms with Crippen LogP contribution in [0, 0.1) is 5.41 Å². The number of rotatable bonds is 10. The normalized spacial score (nSPS) is 14.5. The van der Waals surface area contributed by atoms with E-state index in [9.17, 15) is 0 Å². The van der Waals surface area contributed by atoms with Gasteiger partial charge in [0.2, 0.25) is 0 Å². The fourth-order valence-electron chi connectivity index (χ4n) is 2.68. The van der Waals surface area contributed by atoms with Crippen LogP contribution in [0.25, 0.3) is 0 Å². The number of hydrogen-bond donors (Lipinski definition) is 1. The van der Waals surface area contributed by atoms with Gasteiger partial charge in [-0.1, -0.05) is 40.5 Å². The van der Waals surface area contributed by atoms with Crippen molar-refractivity contribution in [2.75, 3.05) is 13.1 Å². The van der Waals surface area contributed by atoms with Crippen molar-refractivity contribution in [3.05, 3.63) is 21.9 Å². The maximum absolute atomic E-state index is 3.59. The quantitative estimate of drug-likeness (QED) is 0.633. The summed E-state index contributed by atoms with van der Waals surface area (Å²) in [6, 6.07) is 4.67. The van der Waals surface area contributed by atoms with Crippen LogP contribution in [-0.4, -0.2) is 13.1 Å². The molecule has 1 unspecified atom stereocenters. The Hall–Kier alpha value is -0.340. The third-order valence-corrected chi connectivity index (χ3v) is 5.41. The molecule has 1 atom stereocenters. The van der Waals surface area contributed by atoms with Crippen LogP contribution < -0.4 is 5.32 Å². The van der Waals surface area contributed by atoms with E-state index in [1.54, 1.807) is 4.88 Å². The molecule has 0 amide bonds. The van der Waals surface area contributed by atoms with Crippen LogP contribution in [0.2, 0.25) is 0 Å². The smallest absolute Gasteiger partial charge is 0.00541 e. The van der Waals surface area contributed by atoms with E-state index in [4.69, 9.17) is 0 Å². The molecule has 0 aliphatic heterocycles. The molecule has 0 aliphatic rings. The summed E-state index contributed by atoms with van der Waals surface area (Å²) >= 11 is 2.01. The van der Waals surface area contributed by atoms with Crippen LogP contribution in [0.1, 0.15) is 63.1 Å². The molecule has 1 heterocycles. The minimum atomic E-state index is 0.460.